The van der Waals surface area contributed by atoms with E-state index in [0.29, 0.717) is 5.69 Å². The molecule has 0 radical (unpaired) electrons. The zero-order valence-corrected chi connectivity index (χ0v) is 18.0. The third kappa shape index (κ3) is 5.53. The van der Waals surface area contributed by atoms with Gasteiger partial charge in [-0.05, 0) is 42.3 Å². The lowest BCUT2D eigenvalue weighted by Crippen LogP contribution is -2.13. The van der Waals surface area contributed by atoms with Gasteiger partial charge in [0.1, 0.15) is 0 Å². The fraction of sp³-hybridized carbons (Fsp3) is 0.125. The number of para-hydroxylation sites is 1. The molecular formula is C24H20FN3O3S. The summed E-state index contributed by atoms with van der Waals surface area (Å²) in [6.07, 6.45) is -0.634. The summed E-state index contributed by atoms with van der Waals surface area (Å²) in [5, 5.41) is 10.9. The topological polar surface area (TPSA) is 77.2 Å². The first-order chi connectivity index (χ1) is 15.6. The van der Waals surface area contributed by atoms with E-state index in [4.69, 9.17) is 9.15 Å². The van der Waals surface area contributed by atoms with Gasteiger partial charge in [0.15, 0.2) is 17.7 Å². The molecule has 1 atom stereocenters. The van der Waals surface area contributed by atoms with Crippen LogP contribution in [0.15, 0.2) is 88.5 Å². The molecule has 1 amide bonds. The second-order valence-electron chi connectivity index (χ2n) is 6.88. The van der Waals surface area contributed by atoms with Gasteiger partial charge in [-0.1, -0.05) is 66.4 Å². The number of rotatable bonds is 8. The summed E-state index contributed by atoms with van der Waals surface area (Å²) in [5.41, 5.74) is 2.89. The maximum atomic E-state index is 13.7. The van der Waals surface area contributed by atoms with Gasteiger partial charge in [0, 0.05) is 5.69 Å². The van der Waals surface area contributed by atoms with Crippen LogP contribution < -0.4 is 10.1 Å². The fourth-order valence-electron chi connectivity index (χ4n) is 2.93. The number of nitrogens with zero attached hydrogens (tertiary/aromatic N) is 2. The predicted molar refractivity (Wildman–Crippen MR) is 121 cm³/mol. The SMILES string of the molecule is C[C@@H](Oc1ccccc1F)c1nnc(SCC(=O)Nc2ccc(-c3ccccc3)cc2)o1. The van der Waals surface area contributed by atoms with Gasteiger partial charge in [-0.15, -0.1) is 10.2 Å². The van der Waals surface area contributed by atoms with E-state index in [2.05, 4.69) is 15.5 Å². The number of benzene rings is 3. The molecule has 4 rings (SSSR count). The number of nitrogens with one attached hydrogen (secondary N) is 1. The molecular weight excluding hydrogens is 429 g/mol. The summed E-state index contributed by atoms with van der Waals surface area (Å²) >= 11 is 1.11. The molecule has 0 aliphatic rings. The van der Waals surface area contributed by atoms with Crippen molar-refractivity contribution in [1.82, 2.24) is 10.2 Å². The first-order valence-corrected chi connectivity index (χ1v) is 10.9. The summed E-state index contributed by atoms with van der Waals surface area (Å²) in [6, 6.07) is 23.7. The molecule has 0 unspecified atom stereocenters. The Balaban J connectivity index is 1.28. The second-order valence-corrected chi connectivity index (χ2v) is 7.80. The van der Waals surface area contributed by atoms with E-state index in [1.165, 1.54) is 12.1 Å². The quantitative estimate of drug-likeness (QED) is 0.345. The second kappa shape index (κ2) is 10.1. The van der Waals surface area contributed by atoms with Crippen LogP contribution in [-0.2, 0) is 4.79 Å². The first kappa shape index (κ1) is 21.6. The van der Waals surface area contributed by atoms with E-state index in [1.54, 1.807) is 19.1 Å². The van der Waals surface area contributed by atoms with Crippen molar-refractivity contribution in [2.45, 2.75) is 18.3 Å². The summed E-state index contributed by atoms with van der Waals surface area (Å²) in [6.45, 7) is 1.68. The van der Waals surface area contributed by atoms with Crippen molar-refractivity contribution in [2.24, 2.45) is 0 Å². The summed E-state index contributed by atoms with van der Waals surface area (Å²) < 4.78 is 24.8. The van der Waals surface area contributed by atoms with Gasteiger partial charge in [0.05, 0.1) is 5.75 Å². The Labute approximate surface area is 188 Å². The maximum Gasteiger partial charge on any atom is 0.277 e. The molecule has 8 heteroatoms. The predicted octanol–water partition coefficient (Wildman–Crippen LogP) is 5.75. The minimum Gasteiger partial charge on any atom is -0.478 e. The number of carbonyl (C=O) groups excluding carboxylic acids is 1. The summed E-state index contributed by atoms with van der Waals surface area (Å²) in [7, 11) is 0. The number of anilines is 1. The lowest BCUT2D eigenvalue weighted by atomic mass is 10.1. The third-order valence-electron chi connectivity index (χ3n) is 4.51. The average molecular weight is 450 g/mol. The zero-order valence-electron chi connectivity index (χ0n) is 17.2. The molecule has 162 valence electrons. The van der Waals surface area contributed by atoms with Crippen LogP contribution in [-0.4, -0.2) is 21.9 Å². The van der Waals surface area contributed by atoms with Crippen LogP contribution in [0.4, 0.5) is 10.1 Å². The van der Waals surface area contributed by atoms with Gasteiger partial charge in [-0.25, -0.2) is 4.39 Å². The molecule has 1 aromatic heterocycles. The summed E-state index contributed by atoms with van der Waals surface area (Å²) in [5.74, 6) is -0.262. The largest absolute Gasteiger partial charge is 0.478 e. The third-order valence-corrected chi connectivity index (χ3v) is 5.33. The highest BCUT2D eigenvalue weighted by molar-refractivity contribution is 7.99. The van der Waals surface area contributed by atoms with E-state index in [9.17, 15) is 9.18 Å². The molecule has 0 fully saturated rings. The van der Waals surface area contributed by atoms with Crippen molar-refractivity contribution in [3.8, 4) is 16.9 Å². The van der Waals surface area contributed by atoms with Crippen LogP contribution in [0.25, 0.3) is 11.1 Å². The van der Waals surface area contributed by atoms with Gasteiger partial charge in [-0.2, -0.15) is 0 Å². The highest BCUT2D eigenvalue weighted by atomic mass is 32.2. The normalized spacial score (nSPS) is 11.7. The van der Waals surface area contributed by atoms with E-state index in [1.807, 2.05) is 54.6 Å². The number of aromatic nitrogens is 2. The lowest BCUT2D eigenvalue weighted by Gasteiger charge is -2.11. The molecule has 4 aromatic rings. The number of halogens is 1. The van der Waals surface area contributed by atoms with E-state index in [-0.39, 0.29) is 28.5 Å². The molecule has 1 N–H and O–H groups in total. The average Bonchev–Trinajstić information content (AvgIpc) is 3.30. The van der Waals surface area contributed by atoms with Crippen LogP contribution in [0.5, 0.6) is 5.75 Å². The fourth-order valence-corrected chi connectivity index (χ4v) is 3.49. The van der Waals surface area contributed by atoms with Crippen LogP contribution >= 0.6 is 11.8 Å². The summed E-state index contributed by atoms with van der Waals surface area (Å²) in [4.78, 5) is 12.3. The standard InChI is InChI=1S/C24H20FN3O3S/c1-16(30-21-10-6-5-9-20(21)25)23-27-28-24(31-23)32-15-22(29)26-19-13-11-18(12-14-19)17-7-3-2-4-8-17/h2-14,16H,15H2,1H3,(H,26,29)/t16-/m1/s1. The molecule has 0 spiro atoms. The zero-order chi connectivity index (χ0) is 22.3. The Morgan fingerprint density at radius 1 is 1.00 bits per heavy atom. The van der Waals surface area contributed by atoms with Crippen LogP contribution in [0.1, 0.15) is 18.9 Å². The Morgan fingerprint density at radius 3 is 2.44 bits per heavy atom. The van der Waals surface area contributed by atoms with Crippen LogP contribution in [0, 0.1) is 5.82 Å². The smallest absolute Gasteiger partial charge is 0.277 e. The number of thioether (sulfide) groups is 1. The van der Waals surface area contributed by atoms with Crippen LogP contribution in [0.2, 0.25) is 0 Å². The maximum absolute atomic E-state index is 13.7. The minimum atomic E-state index is -0.634. The minimum absolute atomic E-state index is 0.102. The Kier molecular flexibility index (Phi) is 6.81. The van der Waals surface area contributed by atoms with Gasteiger partial charge in [0.25, 0.3) is 11.1 Å². The molecule has 32 heavy (non-hydrogen) atoms. The number of hydrogen-bond acceptors (Lipinski definition) is 6. The molecule has 6 nitrogen and oxygen atoms in total. The van der Waals surface area contributed by atoms with Crippen molar-refractivity contribution in [3.63, 3.8) is 0 Å². The molecule has 0 bridgehead atoms. The van der Waals surface area contributed by atoms with Crippen molar-refractivity contribution in [1.29, 1.82) is 0 Å². The van der Waals surface area contributed by atoms with Gasteiger partial charge < -0.3 is 14.5 Å². The highest BCUT2D eigenvalue weighted by Gasteiger charge is 2.18. The molecule has 0 aliphatic carbocycles. The van der Waals surface area contributed by atoms with E-state index < -0.39 is 11.9 Å². The number of carbonyl (C=O) groups is 1. The Morgan fingerprint density at radius 2 is 1.69 bits per heavy atom. The molecule has 3 aromatic carbocycles. The van der Waals surface area contributed by atoms with Gasteiger partial charge >= 0.3 is 0 Å². The number of hydrogen-bond donors (Lipinski definition) is 1. The Bertz CT molecular complexity index is 1180. The molecule has 0 aliphatic heterocycles. The highest BCUT2D eigenvalue weighted by Crippen LogP contribution is 2.26. The first-order valence-electron chi connectivity index (χ1n) is 9.91. The molecule has 0 saturated carbocycles. The molecule has 0 saturated heterocycles. The number of amides is 1. The monoisotopic (exact) mass is 449 g/mol. The van der Waals surface area contributed by atoms with Crippen molar-refractivity contribution in [3.05, 3.63) is 90.6 Å². The van der Waals surface area contributed by atoms with Gasteiger partial charge in [0.2, 0.25) is 5.91 Å². The number of ether oxygens (including phenoxy) is 1. The van der Waals surface area contributed by atoms with E-state index in [0.717, 1.165) is 22.9 Å². The van der Waals surface area contributed by atoms with E-state index >= 15 is 0 Å². The van der Waals surface area contributed by atoms with Crippen molar-refractivity contribution in [2.75, 3.05) is 11.1 Å². The lowest BCUT2D eigenvalue weighted by molar-refractivity contribution is -0.113. The van der Waals surface area contributed by atoms with Crippen molar-refractivity contribution < 1.29 is 18.3 Å². The van der Waals surface area contributed by atoms with Gasteiger partial charge in [-0.3, -0.25) is 4.79 Å². The van der Waals surface area contributed by atoms with Crippen molar-refractivity contribution >= 4 is 23.4 Å². The molecule has 1 heterocycles. The Hall–Kier alpha value is -3.65. The van der Waals surface area contributed by atoms with Crippen LogP contribution in [0.3, 0.4) is 0 Å².